The van der Waals surface area contributed by atoms with Crippen molar-refractivity contribution in [3.8, 4) is 0 Å². The lowest BCUT2D eigenvalue weighted by Crippen LogP contribution is -2.43. The van der Waals surface area contributed by atoms with Crippen LogP contribution in [0.1, 0.15) is 57.8 Å². The molecule has 0 unspecified atom stereocenters. The molecule has 110 valence electrons. The van der Waals surface area contributed by atoms with Gasteiger partial charge in [0.15, 0.2) is 0 Å². The van der Waals surface area contributed by atoms with Crippen LogP contribution in [-0.2, 0) is 9.59 Å². The summed E-state index contributed by atoms with van der Waals surface area (Å²) in [5.74, 6) is -0.752. The summed E-state index contributed by atoms with van der Waals surface area (Å²) in [7, 11) is 0. The van der Waals surface area contributed by atoms with E-state index in [4.69, 9.17) is 10.2 Å². The molecule has 1 fully saturated rings. The molecule has 5 nitrogen and oxygen atoms in total. The molecular weight excluding hydrogens is 246 g/mol. The van der Waals surface area contributed by atoms with Crippen molar-refractivity contribution in [1.82, 2.24) is 4.90 Å². The third kappa shape index (κ3) is 6.05. The predicted octanol–water partition coefficient (Wildman–Crippen LogP) is 1.78. The van der Waals surface area contributed by atoms with Crippen molar-refractivity contribution in [3.63, 3.8) is 0 Å². The summed E-state index contributed by atoms with van der Waals surface area (Å²) in [6.45, 7) is 0.403. The van der Waals surface area contributed by atoms with E-state index in [0.717, 1.165) is 25.7 Å². The maximum absolute atomic E-state index is 12.1. The number of carboxylic acids is 1. The molecule has 2 N–H and O–H groups in total. The van der Waals surface area contributed by atoms with Gasteiger partial charge in [0, 0.05) is 25.4 Å². The first-order valence-corrected chi connectivity index (χ1v) is 7.27. The van der Waals surface area contributed by atoms with E-state index >= 15 is 0 Å². The van der Waals surface area contributed by atoms with Crippen LogP contribution in [0.3, 0.4) is 0 Å². The van der Waals surface area contributed by atoms with Gasteiger partial charge in [0.2, 0.25) is 5.91 Å². The maximum Gasteiger partial charge on any atom is 0.303 e. The van der Waals surface area contributed by atoms with Crippen LogP contribution in [0.15, 0.2) is 0 Å². The second-order valence-electron chi connectivity index (χ2n) is 5.20. The molecule has 0 aromatic carbocycles. The first-order valence-electron chi connectivity index (χ1n) is 7.27. The molecule has 19 heavy (non-hydrogen) atoms. The first-order chi connectivity index (χ1) is 9.15. The van der Waals surface area contributed by atoms with Gasteiger partial charge >= 0.3 is 5.97 Å². The molecule has 0 spiro atoms. The van der Waals surface area contributed by atoms with E-state index in [1.165, 1.54) is 6.42 Å². The summed E-state index contributed by atoms with van der Waals surface area (Å²) in [5.41, 5.74) is 0. The van der Waals surface area contributed by atoms with Crippen LogP contribution >= 0.6 is 0 Å². The minimum Gasteiger partial charge on any atom is -0.481 e. The number of carbonyl (C=O) groups excluding carboxylic acids is 1. The Kier molecular flexibility index (Phi) is 7.48. The molecule has 5 heteroatoms. The summed E-state index contributed by atoms with van der Waals surface area (Å²) < 4.78 is 0. The Hall–Kier alpha value is -1.10. The standard InChI is InChI=1S/C14H25NO4/c16-11-10-15(12-6-2-1-3-7-12)13(17)8-4-5-9-14(18)19/h12,16H,1-11H2,(H,18,19). The Morgan fingerprint density at radius 1 is 1.05 bits per heavy atom. The van der Waals surface area contributed by atoms with E-state index in [0.29, 0.717) is 25.8 Å². The number of aliphatic carboxylic acids is 1. The lowest BCUT2D eigenvalue weighted by Gasteiger charge is -2.34. The van der Waals surface area contributed by atoms with E-state index in [2.05, 4.69) is 0 Å². The Balaban J connectivity index is 2.36. The molecule has 0 aromatic rings. The van der Waals surface area contributed by atoms with Crippen LogP contribution in [0.25, 0.3) is 0 Å². The van der Waals surface area contributed by atoms with Gasteiger partial charge in [-0.15, -0.1) is 0 Å². The third-order valence-electron chi connectivity index (χ3n) is 3.71. The number of hydrogen-bond acceptors (Lipinski definition) is 3. The predicted molar refractivity (Wildman–Crippen MR) is 71.8 cm³/mol. The number of rotatable bonds is 8. The number of hydrogen-bond donors (Lipinski definition) is 2. The smallest absolute Gasteiger partial charge is 0.303 e. The van der Waals surface area contributed by atoms with E-state index in [-0.39, 0.29) is 25.0 Å². The van der Waals surface area contributed by atoms with Gasteiger partial charge < -0.3 is 15.1 Å². The quantitative estimate of drug-likeness (QED) is 0.660. The second kappa shape index (κ2) is 8.91. The van der Waals surface area contributed by atoms with E-state index in [1.807, 2.05) is 0 Å². The average Bonchev–Trinajstić information content (AvgIpc) is 2.41. The van der Waals surface area contributed by atoms with Crippen molar-refractivity contribution < 1.29 is 19.8 Å². The van der Waals surface area contributed by atoms with Crippen molar-refractivity contribution in [2.24, 2.45) is 0 Å². The van der Waals surface area contributed by atoms with Crippen molar-refractivity contribution >= 4 is 11.9 Å². The molecule has 1 aliphatic carbocycles. The first kappa shape index (κ1) is 16.0. The highest BCUT2D eigenvalue weighted by molar-refractivity contribution is 5.76. The van der Waals surface area contributed by atoms with Crippen LogP contribution in [-0.4, -0.2) is 46.2 Å². The largest absolute Gasteiger partial charge is 0.481 e. The fraction of sp³-hybridized carbons (Fsp3) is 0.857. The molecule has 1 amide bonds. The van der Waals surface area contributed by atoms with Crippen molar-refractivity contribution in [2.75, 3.05) is 13.2 Å². The maximum atomic E-state index is 12.1. The molecule has 0 atom stereocenters. The minimum atomic E-state index is -0.813. The number of amides is 1. The zero-order valence-electron chi connectivity index (χ0n) is 11.5. The molecule has 1 saturated carbocycles. The van der Waals surface area contributed by atoms with Gasteiger partial charge in [-0.3, -0.25) is 9.59 Å². The Bertz CT molecular complexity index is 287. The van der Waals surface area contributed by atoms with Gasteiger partial charge in [0.05, 0.1) is 6.61 Å². The number of aliphatic hydroxyl groups is 1. The summed E-state index contributed by atoms with van der Waals surface area (Å²) >= 11 is 0. The highest BCUT2D eigenvalue weighted by Crippen LogP contribution is 2.23. The molecule has 0 saturated heterocycles. The zero-order chi connectivity index (χ0) is 14.1. The normalized spacial score (nSPS) is 16.3. The van der Waals surface area contributed by atoms with Crippen LogP contribution in [0, 0.1) is 0 Å². The van der Waals surface area contributed by atoms with Gasteiger partial charge in [-0.05, 0) is 25.7 Å². The van der Waals surface area contributed by atoms with Crippen LogP contribution in [0.5, 0.6) is 0 Å². The summed E-state index contributed by atoms with van der Waals surface area (Å²) in [6.07, 6.45) is 7.26. The number of carbonyl (C=O) groups is 2. The van der Waals surface area contributed by atoms with E-state index in [1.54, 1.807) is 4.90 Å². The van der Waals surface area contributed by atoms with Crippen molar-refractivity contribution in [1.29, 1.82) is 0 Å². The third-order valence-corrected chi connectivity index (χ3v) is 3.71. The lowest BCUT2D eigenvalue weighted by atomic mass is 9.94. The molecular formula is C14H25NO4. The molecule has 0 aromatic heterocycles. The van der Waals surface area contributed by atoms with Crippen LogP contribution < -0.4 is 0 Å². The van der Waals surface area contributed by atoms with E-state index < -0.39 is 5.97 Å². The van der Waals surface area contributed by atoms with Crippen molar-refractivity contribution in [2.45, 2.75) is 63.8 Å². The average molecular weight is 271 g/mol. The van der Waals surface area contributed by atoms with Crippen LogP contribution in [0.2, 0.25) is 0 Å². The van der Waals surface area contributed by atoms with Gasteiger partial charge in [-0.2, -0.15) is 0 Å². The summed E-state index contributed by atoms with van der Waals surface area (Å²) in [6, 6.07) is 0.271. The number of carboxylic acid groups (broad SMARTS) is 1. The zero-order valence-corrected chi connectivity index (χ0v) is 11.5. The SMILES string of the molecule is O=C(O)CCCCC(=O)N(CCO)C1CCCCC1. The highest BCUT2D eigenvalue weighted by Gasteiger charge is 2.24. The van der Waals surface area contributed by atoms with Gasteiger partial charge in [-0.1, -0.05) is 19.3 Å². The minimum absolute atomic E-state index is 0.00261. The topological polar surface area (TPSA) is 77.8 Å². The summed E-state index contributed by atoms with van der Waals surface area (Å²) in [4.78, 5) is 24.3. The van der Waals surface area contributed by atoms with Crippen molar-refractivity contribution in [3.05, 3.63) is 0 Å². The second-order valence-corrected chi connectivity index (χ2v) is 5.20. The molecule has 0 bridgehead atoms. The van der Waals surface area contributed by atoms with Gasteiger partial charge in [0.25, 0.3) is 0 Å². The fourth-order valence-electron chi connectivity index (χ4n) is 2.71. The Morgan fingerprint density at radius 2 is 1.68 bits per heavy atom. The molecule has 0 heterocycles. The summed E-state index contributed by atoms with van der Waals surface area (Å²) in [5, 5.41) is 17.6. The van der Waals surface area contributed by atoms with Gasteiger partial charge in [-0.25, -0.2) is 0 Å². The lowest BCUT2D eigenvalue weighted by molar-refractivity contribution is -0.138. The van der Waals surface area contributed by atoms with Gasteiger partial charge in [0.1, 0.15) is 0 Å². The van der Waals surface area contributed by atoms with Crippen LogP contribution in [0.4, 0.5) is 0 Å². The van der Waals surface area contributed by atoms with E-state index in [9.17, 15) is 9.59 Å². The number of nitrogens with zero attached hydrogens (tertiary/aromatic N) is 1. The molecule has 0 radical (unpaired) electrons. The Morgan fingerprint density at radius 3 is 2.26 bits per heavy atom. The molecule has 0 aliphatic heterocycles. The Labute approximate surface area is 114 Å². The molecule has 1 aliphatic rings. The number of aliphatic hydroxyl groups excluding tert-OH is 1. The number of unbranched alkanes of at least 4 members (excludes halogenated alkanes) is 1. The monoisotopic (exact) mass is 271 g/mol. The molecule has 1 rings (SSSR count). The fourth-order valence-corrected chi connectivity index (χ4v) is 2.71. The highest BCUT2D eigenvalue weighted by atomic mass is 16.4.